The third-order valence-corrected chi connectivity index (χ3v) is 3.71. The maximum atomic E-state index is 12.6. The number of aryl methyl sites for hydroxylation is 1. The van der Waals surface area contributed by atoms with Crippen molar-refractivity contribution in [3.63, 3.8) is 0 Å². The van der Waals surface area contributed by atoms with Gasteiger partial charge in [0.1, 0.15) is 0 Å². The average molecular weight is 348 g/mol. The van der Waals surface area contributed by atoms with Crippen LogP contribution >= 0.6 is 0 Å². The molecule has 1 aromatic carbocycles. The van der Waals surface area contributed by atoms with Crippen molar-refractivity contribution in [2.75, 3.05) is 13.2 Å². The molecule has 25 heavy (non-hydrogen) atoms. The molecule has 0 fully saturated rings. The van der Waals surface area contributed by atoms with Crippen LogP contribution < -0.4 is 0 Å². The molecule has 4 heteroatoms. The second-order valence-electron chi connectivity index (χ2n) is 8.45. The Hall–Kier alpha value is -1.84. The SMILES string of the molecule is Cc1cc(C(=O)OCC(C)C)c(C(=O)OCC(C)C)cc1C(C)(C)C. The van der Waals surface area contributed by atoms with Gasteiger partial charge < -0.3 is 9.47 Å². The zero-order chi connectivity index (χ0) is 19.4. The first kappa shape index (κ1) is 21.2. The maximum Gasteiger partial charge on any atom is 0.339 e. The van der Waals surface area contributed by atoms with E-state index >= 15 is 0 Å². The molecular weight excluding hydrogens is 316 g/mol. The van der Waals surface area contributed by atoms with Gasteiger partial charge in [0.2, 0.25) is 0 Å². The molecule has 0 saturated carbocycles. The van der Waals surface area contributed by atoms with Crippen molar-refractivity contribution in [3.8, 4) is 0 Å². The lowest BCUT2D eigenvalue weighted by atomic mass is 9.82. The fourth-order valence-corrected chi connectivity index (χ4v) is 2.49. The van der Waals surface area contributed by atoms with Gasteiger partial charge in [0, 0.05) is 0 Å². The van der Waals surface area contributed by atoms with Crippen LogP contribution in [0.25, 0.3) is 0 Å². The Labute approximate surface area is 151 Å². The number of ether oxygens (including phenoxy) is 2. The van der Waals surface area contributed by atoms with Gasteiger partial charge in [-0.1, -0.05) is 48.5 Å². The van der Waals surface area contributed by atoms with Crippen LogP contribution in [0, 0.1) is 18.8 Å². The highest BCUT2D eigenvalue weighted by Crippen LogP contribution is 2.29. The standard InChI is InChI=1S/C21H32O4/c1-13(2)11-24-19(22)16-9-15(5)18(21(6,7)8)10-17(16)20(23)25-12-14(3)4/h9-10,13-14H,11-12H2,1-8H3. The van der Waals surface area contributed by atoms with Crippen molar-refractivity contribution in [2.45, 2.75) is 60.8 Å². The number of hydrogen-bond donors (Lipinski definition) is 0. The van der Waals surface area contributed by atoms with E-state index in [1.807, 2.05) is 34.6 Å². The summed E-state index contributed by atoms with van der Waals surface area (Å²) in [5.41, 5.74) is 2.40. The summed E-state index contributed by atoms with van der Waals surface area (Å²) < 4.78 is 10.7. The van der Waals surface area contributed by atoms with Crippen molar-refractivity contribution in [3.05, 3.63) is 34.4 Å². The molecule has 0 atom stereocenters. The van der Waals surface area contributed by atoms with Gasteiger partial charge in [-0.3, -0.25) is 0 Å². The summed E-state index contributed by atoms with van der Waals surface area (Å²) in [6.07, 6.45) is 0. The zero-order valence-electron chi connectivity index (χ0n) is 16.9. The van der Waals surface area contributed by atoms with Crippen LogP contribution in [0.15, 0.2) is 12.1 Å². The Morgan fingerprint density at radius 2 is 1.28 bits per heavy atom. The number of carbonyl (C=O) groups excluding carboxylic acids is 2. The number of carbonyl (C=O) groups is 2. The molecule has 0 radical (unpaired) electrons. The van der Waals surface area contributed by atoms with Crippen LogP contribution in [0.3, 0.4) is 0 Å². The number of benzene rings is 1. The van der Waals surface area contributed by atoms with Gasteiger partial charge in [0.05, 0.1) is 24.3 Å². The minimum atomic E-state index is -0.478. The lowest BCUT2D eigenvalue weighted by Gasteiger charge is -2.23. The molecular formula is C21H32O4. The third kappa shape index (κ3) is 6.18. The fraction of sp³-hybridized carbons (Fsp3) is 0.619. The predicted octanol–water partition coefficient (Wildman–Crippen LogP) is 4.92. The molecule has 0 unspecified atom stereocenters. The van der Waals surface area contributed by atoms with E-state index in [1.54, 1.807) is 12.1 Å². The first-order chi connectivity index (χ1) is 11.4. The van der Waals surface area contributed by atoms with Gasteiger partial charge >= 0.3 is 11.9 Å². The fourth-order valence-electron chi connectivity index (χ4n) is 2.49. The highest BCUT2D eigenvalue weighted by Gasteiger charge is 2.25. The molecule has 140 valence electrons. The van der Waals surface area contributed by atoms with E-state index < -0.39 is 11.9 Å². The predicted molar refractivity (Wildman–Crippen MR) is 100 cm³/mol. The maximum absolute atomic E-state index is 12.6. The van der Waals surface area contributed by atoms with Crippen LogP contribution in [-0.4, -0.2) is 25.2 Å². The minimum Gasteiger partial charge on any atom is -0.462 e. The summed E-state index contributed by atoms with van der Waals surface area (Å²) in [5, 5.41) is 0. The van der Waals surface area contributed by atoms with Gasteiger partial charge in [-0.2, -0.15) is 0 Å². The summed E-state index contributed by atoms with van der Waals surface area (Å²) in [6, 6.07) is 3.53. The average Bonchev–Trinajstić information content (AvgIpc) is 2.48. The van der Waals surface area contributed by atoms with Crippen LogP contribution in [0.5, 0.6) is 0 Å². The molecule has 0 saturated heterocycles. The second kappa shape index (κ2) is 8.50. The third-order valence-electron chi connectivity index (χ3n) is 3.71. The van der Waals surface area contributed by atoms with Crippen LogP contribution in [0.2, 0.25) is 0 Å². The first-order valence-electron chi connectivity index (χ1n) is 8.92. The molecule has 0 aliphatic rings. The lowest BCUT2D eigenvalue weighted by Crippen LogP contribution is -2.21. The van der Waals surface area contributed by atoms with E-state index in [0.717, 1.165) is 11.1 Å². The molecule has 0 bridgehead atoms. The molecule has 0 N–H and O–H groups in total. The van der Waals surface area contributed by atoms with Gasteiger partial charge in [-0.05, 0) is 47.4 Å². The Bertz CT molecular complexity index is 622. The van der Waals surface area contributed by atoms with Crippen LogP contribution in [-0.2, 0) is 14.9 Å². The summed E-state index contributed by atoms with van der Waals surface area (Å²) in [7, 11) is 0. The quantitative estimate of drug-likeness (QED) is 0.685. The number of esters is 2. The Morgan fingerprint density at radius 1 is 0.880 bits per heavy atom. The Balaban J connectivity index is 3.31. The molecule has 1 aromatic rings. The molecule has 0 amide bonds. The zero-order valence-corrected chi connectivity index (χ0v) is 16.9. The van der Waals surface area contributed by atoms with E-state index in [0.29, 0.717) is 13.2 Å². The normalized spacial score (nSPS) is 11.8. The first-order valence-corrected chi connectivity index (χ1v) is 8.92. The molecule has 1 rings (SSSR count). The van der Waals surface area contributed by atoms with E-state index in [2.05, 4.69) is 20.8 Å². The Kier molecular flexibility index (Phi) is 7.21. The summed E-state index contributed by atoms with van der Waals surface area (Å²) in [6.45, 7) is 16.7. The smallest absolute Gasteiger partial charge is 0.339 e. The summed E-state index contributed by atoms with van der Waals surface area (Å²) in [5.74, 6) is -0.493. The van der Waals surface area contributed by atoms with Crippen molar-refractivity contribution in [2.24, 2.45) is 11.8 Å². The largest absolute Gasteiger partial charge is 0.462 e. The van der Waals surface area contributed by atoms with Crippen molar-refractivity contribution >= 4 is 11.9 Å². The van der Waals surface area contributed by atoms with E-state index in [9.17, 15) is 9.59 Å². The van der Waals surface area contributed by atoms with Crippen molar-refractivity contribution in [1.82, 2.24) is 0 Å². The minimum absolute atomic E-state index is 0.141. The van der Waals surface area contributed by atoms with Gasteiger partial charge in [-0.15, -0.1) is 0 Å². The molecule has 0 spiro atoms. The molecule has 0 aliphatic carbocycles. The highest BCUT2D eigenvalue weighted by atomic mass is 16.5. The van der Waals surface area contributed by atoms with Gasteiger partial charge in [0.25, 0.3) is 0 Å². The number of hydrogen-bond acceptors (Lipinski definition) is 4. The van der Waals surface area contributed by atoms with E-state index in [-0.39, 0.29) is 28.4 Å². The highest BCUT2D eigenvalue weighted by molar-refractivity contribution is 6.03. The summed E-state index contributed by atoms with van der Waals surface area (Å²) in [4.78, 5) is 25.1. The van der Waals surface area contributed by atoms with E-state index in [4.69, 9.17) is 9.47 Å². The molecule has 0 aromatic heterocycles. The van der Waals surface area contributed by atoms with E-state index in [1.165, 1.54) is 0 Å². The van der Waals surface area contributed by atoms with Gasteiger partial charge in [0.15, 0.2) is 0 Å². The lowest BCUT2D eigenvalue weighted by molar-refractivity contribution is 0.0412. The topological polar surface area (TPSA) is 52.6 Å². The summed E-state index contributed by atoms with van der Waals surface area (Å²) >= 11 is 0. The van der Waals surface area contributed by atoms with Crippen molar-refractivity contribution < 1.29 is 19.1 Å². The van der Waals surface area contributed by atoms with Gasteiger partial charge in [-0.25, -0.2) is 9.59 Å². The van der Waals surface area contributed by atoms with Crippen molar-refractivity contribution in [1.29, 1.82) is 0 Å². The Morgan fingerprint density at radius 3 is 1.64 bits per heavy atom. The monoisotopic (exact) mass is 348 g/mol. The van der Waals surface area contributed by atoms with Crippen LogP contribution in [0.1, 0.15) is 80.3 Å². The molecule has 4 nitrogen and oxygen atoms in total. The second-order valence-corrected chi connectivity index (χ2v) is 8.45. The molecule has 0 aliphatic heterocycles. The molecule has 0 heterocycles. The number of rotatable bonds is 6. The van der Waals surface area contributed by atoms with Crippen LogP contribution in [0.4, 0.5) is 0 Å².